The summed E-state index contributed by atoms with van der Waals surface area (Å²) in [5.41, 5.74) is 7.63. The summed E-state index contributed by atoms with van der Waals surface area (Å²) in [6.07, 6.45) is 2.97. The largest absolute Gasteiger partial charge is 0.394 e. The summed E-state index contributed by atoms with van der Waals surface area (Å²) in [6, 6.07) is 15.3. The fourth-order valence-electron chi connectivity index (χ4n) is 4.16. The maximum Gasteiger partial charge on any atom is 0.290 e. The van der Waals surface area contributed by atoms with Crippen LogP contribution in [0.4, 0.5) is 5.69 Å². The molecule has 0 radical (unpaired) electrons. The van der Waals surface area contributed by atoms with Crippen LogP contribution in [0.5, 0.6) is 0 Å². The zero-order valence-electron chi connectivity index (χ0n) is 18.0. The van der Waals surface area contributed by atoms with Crippen molar-refractivity contribution in [3.63, 3.8) is 0 Å². The molecular formula is C24H28N4O2S. The molecule has 0 bridgehead atoms. The van der Waals surface area contributed by atoms with E-state index in [2.05, 4.69) is 29.4 Å². The van der Waals surface area contributed by atoms with Crippen LogP contribution in [-0.2, 0) is 11.2 Å². The number of nitrogen functional groups attached to an aromatic ring is 1. The molecule has 2 N–H and O–H groups in total. The average Bonchev–Trinajstić information content (AvgIpc) is 3.22. The molecule has 2 aromatic heterocycles. The molecule has 6 nitrogen and oxygen atoms in total. The van der Waals surface area contributed by atoms with Crippen LogP contribution in [-0.4, -0.2) is 33.7 Å². The molecule has 1 saturated heterocycles. The Morgan fingerprint density at radius 2 is 1.90 bits per heavy atom. The van der Waals surface area contributed by atoms with Crippen molar-refractivity contribution >= 4 is 22.9 Å². The highest BCUT2D eigenvalue weighted by Gasteiger charge is 2.28. The van der Waals surface area contributed by atoms with E-state index in [1.807, 2.05) is 30.0 Å². The van der Waals surface area contributed by atoms with Gasteiger partial charge >= 0.3 is 0 Å². The maximum absolute atomic E-state index is 13.2. The van der Waals surface area contributed by atoms with Gasteiger partial charge in [-0.25, -0.2) is 4.68 Å². The van der Waals surface area contributed by atoms with Crippen molar-refractivity contribution in [2.45, 2.75) is 39.2 Å². The van der Waals surface area contributed by atoms with Crippen LogP contribution >= 0.6 is 11.3 Å². The summed E-state index contributed by atoms with van der Waals surface area (Å²) < 4.78 is 1.25. The number of hydrogen-bond acceptors (Lipinski definition) is 5. The number of benzene rings is 1. The van der Waals surface area contributed by atoms with Gasteiger partial charge in [-0.15, -0.1) is 11.3 Å². The number of amides is 1. The van der Waals surface area contributed by atoms with Gasteiger partial charge in [0.2, 0.25) is 5.91 Å². The van der Waals surface area contributed by atoms with Gasteiger partial charge in [-0.1, -0.05) is 30.3 Å². The first kappa shape index (κ1) is 21.3. The number of aromatic nitrogens is 2. The van der Waals surface area contributed by atoms with Crippen LogP contribution < -0.4 is 11.3 Å². The summed E-state index contributed by atoms with van der Waals surface area (Å²) in [5, 5.41) is 4.49. The zero-order chi connectivity index (χ0) is 22.0. The third-order valence-corrected chi connectivity index (χ3v) is 7.00. The number of hydrogen-bond donors (Lipinski definition) is 1. The van der Waals surface area contributed by atoms with E-state index in [-0.39, 0.29) is 11.6 Å². The molecule has 1 aliphatic rings. The smallest absolute Gasteiger partial charge is 0.290 e. The lowest BCUT2D eigenvalue weighted by atomic mass is 9.90. The number of likely N-dealkylation sites (tertiary alicyclic amines) is 1. The molecule has 1 amide bonds. The lowest BCUT2D eigenvalue weighted by Gasteiger charge is -2.33. The van der Waals surface area contributed by atoms with E-state index in [1.54, 1.807) is 24.3 Å². The molecular weight excluding hydrogens is 408 g/mol. The summed E-state index contributed by atoms with van der Waals surface area (Å²) in [5.74, 6) is 0.496. The predicted octanol–water partition coefficient (Wildman–Crippen LogP) is 3.90. The Balaban J connectivity index is 1.46. The number of carbonyl (C=O) groups is 1. The van der Waals surface area contributed by atoms with Gasteiger partial charge < -0.3 is 10.6 Å². The third kappa shape index (κ3) is 4.71. The van der Waals surface area contributed by atoms with Crippen LogP contribution in [0.3, 0.4) is 0 Å². The molecule has 4 rings (SSSR count). The minimum Gasteiger partial charge on any atom is -0.394 e. The molecule has 7 heteroatoms. The van der Waals surface area contributed by atoms with Gasteiger partial charge in [0.1, 0.15) is 17.4 Å². The van der Waals surface area contributed by atoms with Gasteiger partial charge in [-0.3, -0.25) is 9.59 Å². The highest BCUT2D eigenvalue weighted by atomic mass is 32.1. The van der Waals surface area contributed by atoms with Crippen molar-refractivity contribution in [2.24, 2.45) is 5.92 Å². The maximum atomic E-state index is 13.2. The second-order valence-electron chi connectivity index (χ2n) is 8.28. The predicted molar refractivity (Wildman–Crippen MR) is 125 cm³/mol. The molecule has 0 unspecified atom stereocenters. The first-order valence-electron chi connectivity index (χ1n) is 10.7. The third-order valence-electron chi connectivity index (χ3n) is 5.97. The molecule has 31 heavy (non-hydrogen) atoms. The number of thiophene rings is 1. The molecule has 0 saturated carbocycles. The minimum absolute atomic E-state index is 0.0772. The van der Waals surface area contributed by atoms with E-state index < -0.39 is 11.6 Å². The van der Waals surface area contributed by atoms with E-state index in [1.165, 1.54) is 10.2 Å². The number of carbonyl (C=O) groups excluding carboxylic acids is 1. The Labute approximate surface area is 186 Å². The average molecular weight is 437 g/mol. The van der Waals surface area contributed by atoms with Crippen molar-refractivity contribution < 1.29 is 4.79 Å². The van der Waals surface area contributed by atoms with Crippen LogP contribution in [0.2, 0.25) is 0 Å². The summed E-state index contributed by atoms with van der Waals surface area (Å²) in [7, 11) is 0. The van der Waals surface area contributed by atoms with E-state index in [9.17, 15) is 9.59 Å². The molecule has 1 aliphatic heterocycles. The van der Waals surface area contributed by atoms with E-state index in [0.717, 1.165) is 29.0 Å². The number of rotatable bonds is 5. The number of anilines is 1. The Bertz CT molecular complexity index is 1110. The van der Waals surface area contributed by atoms with Crippen molar-refractivity contribution in [1.82, 2.24) is 14.7 Å². The van der Waals surface area contributed by atoms with Crippen LogP contribution in [0.1, 0.15) is 36.2 Å². The van der Waals surface area contributed by atoms with Crippen molar-refractivity contribution in [2.75, 3.05) is 18.8 Å². The van der Waals surface area contributed by atoms with Crippen LogP contribution in [0, 0.1) is 12.8 Å². The van der Waals surface area contributed by atoms with E-state index in [4.69, 9.17) is 5.73 Å². The molecule has 1 aromatic carbocycles. The van der Waals surface area contributed by atoms with E-state index in [0.29, 0.717) is 24.7 Å². The summed E-state index contributed by atoms with van der Waals surface area (Å²) >= 11 is 1.58. The lowest BCUT2D eigenvalue weighted by Crippen LogP contribution is -2.44. The number of piperidine rings is 1. The molecule has 1 atom stereocenters. The van der Waals surface area contributed by atoms with Gasteiger partial charge in [0.15, 0.2) is 0 Å². The van der Waals surface area contributed by atoms with Crippen molar-refractivity contribution in [3.8, 4) is 10.6 Å². The first-order valence-corrected chi connectivity index (χ1v) is 11.5. The van der Waals surface area contributed by atoms with Gasteiger partial charge in [0.25, 0.3) is 5.56 Å². The summed E-state index contributed by atoms with van der Waals surface area (Å²) in [4.78, 5) is 29.8. The number of nitrogens with two attached hydrogens (primary N) is 1. The first-order chi connectivity index (χ1) is 14.9. The molecule has 0 aliphatic carbocycles. The monoisotopic (exact) mass is 436 g/mol. The zero-order valence-corrected chi connectivity index (χ0v) is 18.8. The normalized spacial score (nSPS) is 15.7. The van der Waals surface area contributed by atoms with Gasteiger partial charge in [-0.05, 0) is 62.8 Å². The Kier molecular flexibility index (Phi) is 6.23. The Hall–Kier alpha value is -2.93. The number of nitrogens with zero attached hydrogens (tertiary/aromatic N) is 3. The topological polar surface area (TPSA) is 81.2 Å². The van der Waals surface area contributed by atoms with Crippen LogP contribution in [0.15, 0.2) is 53.3 Å². The Morgan fingerprint density at radius 1 is 1.19 bits per heavy atom. The molecule has 3 aromatic rings. The summed E-state index contributed by atoms with van der Waals surface area (Å²) in [6.45, 7) is 5.15. The second kappa shape index (κ2) is 9.06. The highest BCUT2D eigenvalue weighted by molar-refractivity contribution is 7.15. The lowest BCUT2D eigenvalue weighted by molar-refractivity contribution is -0.136. The van der Waals surface area contributed by atoms with Crippen molar-refractivity contribution in [1.29, 1.82) is 0 Å². The molecule has 162 valence electrons. The SMILES string of the molecule is Cc1ccc(-c2cc(N)c(=O)n([C@H](C)C(=O)N3CCC(Cc4ccccc4)CC3)n2)s1. The molecule has 3 heterocycles. The van der Waals surface area contributed by atoms with E-state index >= 15 is 0 Å². The fourth-order valence-corrected chi connectivity index (χ4v) is 4.98. The van der Waals surface area contributed by atoms with Crippen LogP contribution in [0.25, 0.3) is 10.6 Å². The Morgan fingerprint density at radius 3 is 2.55 bits per heavy atom. The van der Waals surface area contributed by atoms with Crippen molar-refractivity contribution in [3.05, 3.63) is 69.3 Å². The quantitative estimate of drug-likeness (QED) is 0.658. The second-order valence-corrected chi connectivity index (χ2v) is 9.57. The van der Waals surface area contributed by atoms with Gasteiger partial charge in [0, 0.05) is 18.0 Å². The van der Waals surface area contributed by atoms with Gasteiger partial charge in [0.05, 0.1) is 4.88 Å². The standard InChI is InChI=1S/C24H28N4O2S/c1-16-8-9-22(31-16)21-15-20(25)24(30)28(26-21)17(2)23(29)27-12-10-19(11-13-27)14-18-6-4-3-5-7-18/h3-9,15,17,19H,10-14,25H2,1-2H3/t17-/m1/s1. The highest BCUT2D eigenvalue weighted by Crippen LogP contribution is 2.27. The van der Waals surface area contributed by atoms with Gasteiger partial charge in [-0.2, -0.15) is 5.10 Å². The fraction of sp³-hybridized carbons (Fsp3) is 0.375. The molecule has 1 fully saturated rings. The molecule has 0 spiro atoms. The minimum atomic E-state index is -0.693. The number of aryl methyl sites for hydroxylation is 1.